The highest BCUT2D eigenvalue weighted by molar-refractivity contribution is 5.90. The standard InChI is InChI=1S/C15H19N3O3/c1-17(11-14-16-7-8-18(14)2)9-10-21-13-6-4-3-5-12(13)15(19)20/h3-8H,9-11H2,1-2H3,(H,19,20). The van der Waals surface area contributed by atoms with Crippen molar-refractivity contribution >= 4 is 5.97 Å². The van der Waals surface area contributed by atoms with E-state index in [1.807, 2.05) is 24.9 Å². The Balaban J connectivity index is 1.84. The molecular formula is C15H19N3O3. The Kier molecular flexibility index (Phi) is 4.94. The number of ether oxygens (including phenoxy) is 1. The number of para-hydroxylation sites is 1. The lowest BCUT2D eigenvalue weighted by Crippen LogP contribution is -2.25. The van der Waals surface area contributed by atoms with Crippen molar-refractivity contribution in [3.8, 4) is 5.75 Å². The van der Waals surface area contributed by atoms with Gasteiger partial charge in [-0.1, -0.05) is 12.1 Å². The molecular weight excluding hydrogens is 270 g/mol. The van der Waals surface area contributed by atoms with Crippen LogP contribution < -0.4 is 4.74 Å². The lowest BCUT2D eigenvalue weighted by molar-refractivity contribution is 0.0691. The number of aryl methyl sites for hydroxylation is 1. The normalized spacial score (nSPS) is 10.8. The van der Waals surface area contributed by atoms with Crippen molar-refractivity contribution in [2.45, 2.75) is 6.54 Å². The summed E-state index contributed by atoms with van der Waals surface area (Å²) in [6.07, 6.45) is 3.67. The second-order valence-electron chi connectivity index (χ2n) is 4.84. The number of carboxylic acid groups (broad SMARTS) is 1. The van der Waals surface area contributed by atoms with Crippen molar-refractivity contribution in [1.82, 2.24) is 14.5 Å². The minimum atomic E-state index is -0.980. The zero-order chi connectivity index (χ0) is 15.2. The topological polar surface area (TPSA) is 67.6 Å². The fourth-order valence-corrected chi connectivity index (χ4v) is 1.95. The van der Waals surface area contributed by atoms with Crippen LogP contribution in [0, 0.1) is 0 Å². The van der Waals surface area contributed by atoms with Gasteiger partial charge in [-0.3, -0.25) is 4.90 Å². The van der Waals surface area contributed by atoms with Crippen LogP contribution in [-0.2, 0) is 13.6 Å². The summed E-state index contributed by atoms with van der Waals surface area (Å²) in [4.78, 5) is 17.4. The third kappa shape index (κ3) is 4.06. The average molecular weight is 289 g/mol. The molecule has 0 aliphatic carbocycles. The Morgan fingerprint density at radius 2 is 2.19 bits per heavy atom. The van der Waals surface area contributed by atoms with Gasteiger partial charge in [0.25, 0.3) is 0 Å². The molecule has 0 radical (unpaired) electrons. The van der Waals surface area contributed by atoms with Crippen LogP contribution in [0.5, 0.6) is 5.75 Å². The fraction of sp³-hybridized carbons (Fsp3) is 0.333. The molecule has 0 atom stereocenters. The molecule has 0 saturated carbocycles. The van der Waals surface area contributed by atoms with Crippen LogP contribution in [0.3, 0.4) is 0 Å². The van der Waals surface area contributed by atoms with Crippen LogP contribution in [-0.4, -0.2) is 45.7 Å². The summed E-state index contributed by atoms with van der Waals surface area (Å²) in [5.74, 6) is 0.394. The Hall–Kier alpha value is -2.34. The molecule has 0 bridgehead atoms. The van der Waals surface area contributed by atoms with Crippen LogP contribution >= 0.6 is 0 Å². The maximum absolute atomic E-state index is 11.1. The Morgan fingerprint density at radius 3 is 2.86 bits per heavy atom. The molecule has 1 heterocycles. The minimum absolute atomic E-state index is 0.184. The number of likely N-dealkylation sites (N-methyl/N-ethyl adjacent to an activating group) is 1. The summed E-state index contributed by atoms with van der Waals surface area (Å²) in [5.41, 5.74) is 0.184. The van der Waals surface area contributed by atoms with Crippen LogP contribution in [0.1, 0.15) is 16.2 Å². The summed E-state index contributed by atoms with van der Waals surface area (Å²) in [7, 11) is 3.93. The Labute approximate surface area is 123 Å². The quantitative estimate of drug-likeness (QED) is 0.839. The van der Waals surface area contributed by atoms with Crippen LogP contribution in [0.25, 0.3) is 0 Å². The lowest BCUT2D eigenvalue weighted by Gasteiger charge is -2.17. The van der Waals surface area contributed by atoms with Gasteiger partial charge in [0.2, 0.25) is 0 Å². The summed E-state index contributed by atoms with van der Waals surface area (Å²) in [5, 5.41) is 9.07. The first-order valence-electron chi connectivity index (χ1n) is 6.68. The van der Waals surface area contributed by atoms with E-state index in [9.17, 15) is 4.79 Å². The number of aromatic carboxylic acids is 1. The molecule has 112 valence electrons. The number of hydrogen-bond donors (Lipinski definition) is 1. The van der Waals surface area contributed by atoms with Gasteiger partial charge in [0.05, 0.1) is 6.54 Å². The summed E-state index contributed by atoms with van der Waals surface area (Å²) in [6.45, 7) is 1.82. The molecule has 0 fully saturated rings. The average Bonchev–Trinajstić information content (AvgIpc) is 2.84. The highest BCUT2D eigenvalue weighted by atomic mass is 16.5. The first-order valence-corrected chi connectivity index (χ1v) is 6.68. The molecule has 0 aliphatic heterocycles. The van der Waals surface area contributed by atoms with Crippen molar-refractivity contribution in [3.05, 3.63) is 48.0 Å². The smallest absolute Gasteiger partial charge is 0.339 e. The third-order valence-corrected chi connectivity index (χ3v) is 3.18. The van der Waals surface area contributed by atoms with Crippen molar-refractivity contribution in [2.75, 3.05) is 20.2 Å². The molecule has 0 saturated heterocycles. The van der Waals surface area contributed by atoms with Crippen molar-refractivity contribution in [1.29, 1.82) is 0 Å². The fourth-order valence-electron chi connectivity index (χ4n) is 1.95. The molecule has 0 amide bonds. The summed E-state index contributed by atoms with van der Waals surface area (Å²) < 4.78 is 7.54. The van der Waals surface area contributed by atoms with E-state index >= 15 is 0 Å². The zero-order valence-electron chi connectivity index (χ0n) is 12.2. The summed E-state index contributed by atoms with van der Waals surface area (Å²) in [6, 6.07) is 6.65. The molecule has 1 aromatic carbocycles. The number of rotatable bonds is 7. The van der Waals surface area contributed by atoms with Gasteiger partial charge in [0, 0.05) is 26.0 Å². The Morgan fingerprint density at radius 1 is 1.43 bits per heavy atom. The highest BCUT2D eigenvalue weighted by Gasteiger charge is 2.10. The van der Waals surface area contributed by atoms with E-state index < -0.39 is 5.97 Å². The van der Waals surface area contributed by atoms with Crippen LogP contribution in [0.4, 0.5) is 0 Å². The van der Waals surface area contributed by atoms with E-state index in [-0.39, 0.29) is 5.56 Å². The van der Waals surface area contributed by atoms with E-state index in [1.54, 1.807) is 24.4 Å². The van der Waals surface area contributed by atoms with Gasteiger partial charge in [0.1, 0.15) is 23.7 Å². The van der Waals surface area contributed by atoms with E-state index in [0.717, 1.165) is 5.82 Å². The van der Waals surface area contributed by atoms with E-state index in [4.69, 9.17) is 9.84 Å². The number of hydrogen-bond acceptors (Lipinski definition) is 4. The predicted molar refractivity (Wildman–Crippen MR) is 78.4 cm³/mol. The second kappa shape index (κ2) is 6.90. The number of aromatic nitrogens is 2. The minimum Gasteiger partial charge on any atom is -0.491 e. The predicted octanol–water partition coefficient (Wildman–Crippen LogP) is 1.63. The number of benzene rings is 1. The molecule has 0 spiro atoms. The second-order valence-corrected chi connectivity index (χ2v) is 4.84. The third-order valence-electron chi connectivity index (χ3n) is 3.18. The van der Waals surface area contributed by atoms with E-state index in [0.29, 0.717) is 25.4 Å². The largest absolute Gasteiger partial charge is 0.491 e. The molecule has 0 unspecified atom stereocenters. The highest BCUT2D eigenvalue weighted by Crippen LogP contribution is 2.17. The van der Waals surface area contributed by atoms with Crippen LogP contribution in [0.15, 0.2) is 36.7 Å². The molecule has 2 aromatic rings. The molecule has 21 heavy (non-hydrogen) atoms. The summed E-state index contributed by atoms with van der Waals surface area (Å²) >= 11 is 0. The maximum Gasteiger partial charge on any atom is 0.339 e. The zero-order valence-corrected chi connectivity index (χ0v) is 12.2. The molecule has 1 aromatic heterocycles. The van der Waals surface area contributed by atoms with Crippen molar-refractivity contribution < 1.29 is 14.6 Å². The molecule has 1 N–H and O–H groups in total. The maximum atomic E-state index is 11.1. The van der Waals surface area contributed by atoms with E-state index in [1.165, 1.54) is 6.07 Å². The molecule has 0 aliphatic rings. The SMILES string of the molecule is CN(CCOc1ccccc1C(=O)O)Cc1nccn1C. The van der Waals surface area contributed by atoms with Gasteiger partial charge in [0.15, 0.2) is 0 Å². The molecule has 2 rings (SSSR count). The number of nitrogens with zero attached hydrogens (tertiary/aromatic N) is 3. The van der Waals surface area contributed by atoms with E-state index in [2.05, 4.69) is 9.88 Å². The molecule has 6 nitrogen and oxygen atoms in total. The van der Waals surface area contributed by atoms with Gasteiger partial charge in [-0.15, -0.1) is 0 Å². The lowest BCUT2D eigenvalue weighted by atomic mass is 10.2. The number of imidazole rings is 1. The molecule has 6 heteroatoms. The number of carbonyl (C=O) groups is 1. The number of carboxylic acids is 1. The van der Waals surface area contributed by atoms with Crippen molar-refractivity contribution in [3.63, 3.8) is 0 Å². The van der Waals surface area contributed by atoms with Gasteiger partial charge < -0.3 is 14.4 Å². The monoisotopic (exact) mass is 289 g/mol. The Bertz CT molecular complexity index is 610. The van der Waals surface area contributed by atoms with Crippen molar-refractivity contribution in [2.24, 2.45) is 7.05 Å². The van der Waals surface area contributed by atoms with Gasteiger partial charge in [-0.05, 0) is 19.2 Å². The van der Waals surface area contributed by atoms with Gasteiger partial charge in [-0.2, -0.15) is 0 Å². The van der Waals surface area contributed by atoms with Gasteiger partial charge >= 0.3 is 5.97 Å². The van der Waals surface area contributed by atoms with Gasteiger partial charge in [-0.25, -0.2) is 9.78 Å². The first-order chi connectivity index (χ1) is 10.1. The first kappa shape index (κ1) is 15.1. The van der Waals surface area contributed by atoms with Crippen LogP contribution in [0.2, 0.25) is 0 Å².